The van der Waals surface area contributed by atoms with E-state index in [1.165, 1.54) is 0 Å². The number of aryl methyl sites for hydroxylation is 1. The van der Waals surface area contributed by atoms with Gasteiger partial charge in [-0.25, -0.2) is 0 Å². The van der Waals surface area contributed by atoms with E-state index in [2.05, 4.69) is 40.2 Å². The first-order valence-corrected chi connectivity index (χ1v) is 6.55. The molecule has 17 heavy (non-hydrogen) atoms. The molecule has 0 saturated carbocycles. The van der Waals surface area contributed by atoms with Crippen molar-refractivity contribution in [3.63, 3.8) is 0 Å². The average molecular weight is 298 g/mol. The Bertz CT molecular complexity index is 464. The van der Waals surface area contributed by atoms with E-state index in [9.17, 15) is 0 Å². The first-order valence-electron chi connectivity index (χ1n) is 5.75. The molecule has 0 fully saturated rings. The highest BCUT2D eigenvalue weighted by Crippen LogP contribution is 2.28. The quantitative estimate of drug-likeness (QED) is 0.923. The smallest absolute Gasteiger partial charge is 0.126 e. The van der Waals surface area contributed by atoms with Crippen molar-refractivity contribution in [3.05, 3.63) is 40.5 Å². The Hall–Kier alpha value is -1.07. The van der Waals surface area contributed by atoms with Gasteiger partial charge in [0.15, 0.2) is 0 Å². The third-order valence-corrected chi connectivity index (χ3v) is 3.25. The minimum Gasteiger partial charge on any atom is -0.467 e. The summed E-state index contributed by atoms with van der Waals surface area (Å²) in [6.45, 7) is 5.86. The number of nitrogens with one attached hydrogen (secondary N) is 1. The van der Waals surface area contributed by atoms with Crippen molar-refractivity contribution in [2.75, 3.05) is 6.54 Å². The summed E-state index contributed by atoms with van der Waals surface area (Å²) in [4.78, 5) is 0. The number of aromatic nitrogens is 2. The van der Waals surface area contributed by atoms with Gasteiger partial charge < -0.3 is 9.73 Å². The van der Waals surface area contributed by atoms with Gasteiger partial charge in [0.25, 0.3) is 0 Å². The number of halogens is 1. The van der Waals surface area contributed by atoms with Crippen molar-refractivity contribution in [2.24, 2.45) is 0 Å². The van der Waals surface area contributed by atoms with Gasteiger partial charge in [-0.05, 0) is 41.5 Å². The standard InChI is InChI=1S/C12H16BrN3O/c1-3-14-11(10-6-5-7-17-10)12-9(13)8-15-16(12)4-2/h5-8,11,14H,3-4H2,1-2H3. The lowest BCUT2D eigenvalue weighted by Gasteiger charge is -2.17. The van der Waals surface area contributed by atoms with Crippen molar-refractivity contribution in [3.8, 4) is 0 Å². The Morgan fingerprint density at radius 1 is 1.53 bits per heavy atom. The van der Waals surface area contributed by atoms with Crippen LogP contribution < -0.4 is 5.32 Å². The van der Waals surface area contributed by atoms with Crippen LogP contribution in [0.3, 0.4) is 0 Å². The van der Waals surface area contributed by atoms with Crippen molar-refractivity contribution in [2.45, 2.75) is 26.4 Å². The molecule has 0 amide bonds. The van der Waals surface area contributed by atoms with E-state index in [0.717, 1.165) is 29.0 Å². The highest BCUT2D eigenvalue weighted by atomic mass is 79.9. The zero-order valence-corrected chi connectivity index (χ0v) is 11.6. The van der Waals surface area contributed by atoms with Crippen LogP contribution in [0.5, 0.6) is 0 Å². The molecule has 0 saturated heterocycles. The molecule has 0 spiro atoms. The molecule has 0 aliphatic heterocycles. The van der Waals surface area contributed by atoms with Crippen LogP contribution in [0.1, 0.15) is 31.3 Å². The maximum absolute atomic E-state index is 5.50. The summed E-state index contributed by atoms with van der Waals surface area (Å²) in [5, 5.41) is 7.75. The Labute approximate surface area is 109 Å². The summed E-state index contributed by atoms with van der Waals surface area (Å²) in [6.07, 6.45) is 3.52. The molecule has 0 aromatic carbocycles. The van der Waals surface area contributed by atoms with E-state index in [-0.39, 0.29) is 6.04 Å². The van der Waals surface area contributed by atoms with E-state index in [1.54, 1.807) is 6.26 Å². The molecule has 1 atom stereocenters. The lowest BCUT2D eigenvalue weighted by Crippen LogP contribution is -2.24. The van der Waals surface area contributed by atoms with Crippen LogP contribution in [0, 0.1) is 0 Å². The summed E-state index contributed by atoms with van der Waals surface area (Å²) < 4.78 is 8.48. The molecule has 0 radical (unpaired) electrons. The number of hydrogen-bond acceptors (Lipinski definition) is 3. The molecule has 0 aliphatic rings. The third kappa shape index (κ3) is 2.45. The summed E-state index contributed by atoms with van der Waals surface area (Å²) in [5.41, 5.74) is 1.10. The summed E-state index contributed by atoms with van der Waals surface area (Å²) in [5.74, 6) is 0.905. The van der Waals surface area contributed by atoms with Crippen LogP contribution in [0.4, 0.5) is 0 Å². The number of furan rings is 1. The maximum atomic E-state index is 5.50. The topological polar surface area (TPSA) is 43.0 Å². The van der Waals surface area contributed by atoms with Crippen LogP contribution in [0.15, 0.2) is 33.5 Å². The van der Waals surface area contributed by atoms with Gasteiger partial charge in [0.1, 0.15) is 11.8 Å². The second kappa shape index (κ2) is 5.51. The van der Waals surface area contributed by atoms with Gasteiger partial charge in [0, 0.05) is 6.54 Å². The molecular formula is C12H16BrN3O. The minimum atomic E-state index is 0.0341. The van der Waals surface area contributed by atoms with Gasteiger partial charge in [-0.3, -0.25) is 4.68 Å². The lowest BCUT2D eigenvalue weighted by atomic mass is 10.1. The van der Waals surface area contributed by atoms with E-state index in [4.69, 9.17) is 4.42 Å². The molecule has 1 unspecified atom stereocenters. The highest BCUT2D eigenvalue weighted by molar-refractivity contribution is 9.10. The predicted octanol–water partition coefficient (Wildman–Crippen LogP) is 2.96. The van der Waals surface area contributed by atoms with Gasteiger partial charge in [0.05, 0.1) is 22.6 Å². The SMILES string of the molecule is CCNC(c1ccco1)c1c(Br)cnn1CC. The van der Waals surface area contributed by atoms with Crippen molar-refractivity contribution in [1.82, 2.24) is 15.1 Å². The Balaban J connectivity index is 2.42. The van der Waals surface area contributed by atoms with Crippen LogP contribution in [-0.4, -0.2) is 16.3 Å². The van der Waals surface area contributed by atoms with Gasteiger partial charge in [0.2, 0.25) is 0 Å². The molecule has 2 heterocycles. The van der Waals surface area contributed by atoms with Gasteiger partial charge in [-0.1, -0.05) is 6.92 Å². The molecular weight excluding hydrogens is 282 g/mol. The molecule has 2 rings (SSSR count). The Kier molecular flexibility index (Phi) is 4.02. The fourth-order valence-corrected chi connectivity index (χ4v) is 2.43. The second-order valence-corrected chi connectivity index (χ2v) is 4.55. The molecule has 2 aromatic rings. The summed E-state index contributed by atoms with van der Waals surface area (Å²) in [7, 11) is 0. The first-order chi connectivity index (χ1) is 8.27. The van der Waals surface area contributed by atoms with Crippen molar-refractivity contribution in [1.29, 1.82) is 0 Å². The zero-order valence-electron chi connectivity index (χ0n) is 9.98. The second-order valence-electron chi connectivity index (χ2n) is 3.70. The molecule has 92 valence electrons. The van der Waals surface area contributed by atoms with E-state index in [1.807, 2.05) is 23.0 Å². The van der Waals surface area contributed by atoms with Crippen LogP contribution in [-0.2, 0) is 6.54 Å². The third-order valence-electron chi connectivity index (χ3n) is 2.64. The predicted molar refractivity (Wildman–Crippen MR) is 69.8 cm³/mol. The lowest BCUT2D eigenvalue weighted by molar-refractivity contribution is 0.431. The first kappa shape index (κ1) is 12.4. The van der Waals surface area contributed by atoms with Crippen LogP contribution >= 0.6 is 15.9 Å². The molecule has 1 N–H and O–H groups in total. The Morgan fingerprint density at radius 2 is 2.35 bits per heavy atom. The van der Waals surface area contributed by atoms with Crippen molar-refractivity contribution < 1.29 is 4.42 Å². The largest absolute Gasteiger partial charge is 0.467 e. The zero-order chi connectivity index (χ0) is 12.3. The molecule has 0 bridgehead atoms. The average Bonchev–Trinajstić information content (AvgIpc) is 2.95. The van der Waals surface area contributed by atoms with E-state index in [0.29, 0.717) is 0 Å². The molecule has 5 heteroatoms. The van der Waals surface area contributed by atoms with E-state index >= 15 is 0 Å². The molecule has 2 aromatic heterocycles. The van der Waals surface area contributed by atoms with Crippen LogP contribution in [0.2, 0.25) is 0 Å². The maximum Gasteiger partial charge on any atom is 0.126 e. The van der Waals surface area contributed by atoms with Crippen molar-refractivity contribution >= 4 is 15.9 Å². The summed E-state index contributed by atoms with van der Waals surface area (Å²) >= 11 is 3.55. The van der Waals surface area contributed by atoms with Gasteiger partial charge >= 0.3 is 0 Å². The normalized spacial score (nSPS) is 12.9. The van der Waals surface area contributed by atoms with Crippen LogP contribution in [0.25, 0.3) is 0 Å². The fraction of sp³-hybridized carbons (Fsp3) is 0.417. The number of nitrogens with zero attached hydrogens (tertiary/aromatic N) is 2. The Morgan fingerprint density at radius 3 is 2.94 bits per heavy atom. The molecule has 4 nitrogen and oxygen atoms in total. The monoisotopic (exact) mass is 297 g/mol. The van der Waals surface area contributed by atoms with Gasteiger partial charge in [-0.2, -0.15) is 5.10 Å². The minimum absolute atomic E-state index is 0.0341. The summed E-state index contributed by atoms with van der Waals surface area (Å²) in [6, 6.07) is 3.92. The number of rotatable bonds is 5. The number of hydrogen-bond donors (Lipinski definition) is 1. The van der Waals surface area contributed by atoms with Gasteiger partial charge in [-0.15, -0.1) is 0 Å². The fourth-order valence-electron chi connectivity index (χ4n) is 1.90. The van der Waals surface area contributed by atoms with E-state index < -0.39 is 0 Å². The highest BCUT2D eigenvalue weighted by Gasteiger charge is 2.22. The molecule has 0 aliphatic carbocycles.